The van der Waals surface area contributed by atoms with Gasteiger partial charge in [-0.2, -0.15) is 0 Å². The zero-order valence-electron chi connectivity index (χ0n) is 9.39. The first-order chi connectivity index (χ1) is 8.10. The van der Waals surface area contributed by atoms with Crippen molar-refractivity contribution in [3.05, 3.63) is 23.8 Å². The molecule has 0 spiro atoms. The Balaban J connectivity index is 2.79. The number of phenolic OH excluding ortho intramolecular Hbond substituents is 2. The average molecular weight is 239 g/mol. The Labute approximate surface area is 99.2 Å². The van der Waals surface area contributed by atoms with E-state index in [1.807, 2.05) is 0 Å². The van der Waals surface area contributed by atoms with Crippen molar-refractivity contribution in [3.63, 3.8) is 0 Å². The predicted octanol–water partition coefficient (Wildman–Crippen LogP) is -0.496. The topological polar surface area (TPSA) is 122 Å². The largest absolute Gasteiger partial charge is 0.504 e. The predicted molar refractivity (Wildman–Crippen MR) is 63.8 cm³/mol. The Bertz CT molecular complexity index is 396. The maximum absolute atomic E-state index is 11.8. The van der Waals surface area contributed by atoms with Crippen molar-refractivity contribution in [2.45, 2.75) is 12.5 Å². The molecule has 1 atom stereocenters. The summed E-state index contributed by atoms with van der Waals surface area (Å²) in [6, 6.07) is 3.95. The SMILES string of the molecule is NCC[C@@H](CN)NC(=O)c1cccc(O)c1O. The van der Waals surface area contributed by atoms with Crippen LogP contribution in [-0.4, -0.2) is 35.3 Å². The number of rotatable bonds is 5. The fourth-order valence-corrected chi connectivity index (χ4v) is 1.43. The van der Waals surface area contributed by atoms with Crippen LogP contribution in [0, 0.1) is 0 Å². The van der Waals surface area contributed by atoms with E-state index in [1.54, 1.807) is 0 Å². The monoisotopic (exact) mass is 239 g/mol. The van der Waals surface area contributed by atoms with E-state index in [4.69, 9.17) is 11.5 Å². The van der Waals surface area contributed by atoms with Gasteiger partial charge in [0.15, 0.2) is 11.5 Å². The van der Waals surface area contributed by atoms with Gasteiger partial charge in [-0.25, -0.2) is 0 Å². The summed E-state index contributed by atoms with van der Waals surface area (Å²) in [5.74, 6) is -1.25. The van der Waals surface area contributed by atoms with Crippen molar-refractivity contribution in [1.29, 1.82) is 0 Å². The highest BCUT2D eigenvalue weighted by atomic mass is 16.3. The third-order valence-electron chi connectivity index (χ3n) is 2.39. The smallest absolute Gasteiger partial charge is 0.255 e. The number of para-hydroxylation sites is 1. The van der Waals surface area contributed by atoms with Crippen LogP contribution in [0.15, 0.2) is 18.2 Å². The summed E-state index contributed by atoms with van der Waals surface area (Å²) in [5, 5.41) is 21.4. The minimum Gasteiger partial charge on any atom is -0.504 e. The van der Waals surface area contributed by atoms with E-state index in [-0.39, 0.29) is 23.9 Å². The van der Waals surface area contributed by atoms with Crippen LogP contribution < -0.4 is 16.8 Å². The molecule has 1 amide bonds. The van der Waals surface area contributed by atoms with Crippen LogP contribution in [0.2, 0.25) is 0 Å². The molecule has 6 heteroatoms. The normalized spacial score (nSPS) is 12.1. The lowest BCUT2D eigenvalue weighted by molar-refractivity contribution is 0.0933. The van der Waals surface area contributed by atoms with Crippen LogP contribution in [0.3, 0.4) is 0 Å². The second kappa shape index (κ2) is 6.07. The number of phenols is 2. The van der Waals surface area contributed by atoms with Gasteiger partial charge in [0.2, 0.25) is 0 Å². The molecule has 0 aliphatic heterocycles. The van der Waals surface area contributed by atoms with Crippen molar-refractivity contribution >= 4 is 5.91 Å². The zero-order chi connectivity index (χ0) is 12.8. The van der Waals surface area contributed by atoms with Crippen LogP contribution in [0.1, 0.15) is 16.8 Å². The van der Waals surface area contributed by atoms with Crippen LogP contribution in [-0.2, 0) is 0 Å². The fourth-order valence-electron chi connectivity index (χ4n) is 1.43. The van der Waals surface area contributed by atoms with Crippen molar-refractivity contribution in [1.82, 2.24) is 5.32 Å². The number of carbonyl (C=O) groups is 1. The summed E-state index contributed by atoms with van der Waals surface area (Å²) in [6.45, 7) is 0.677. The highest BCUT2D eigenvalue weighted by Crippen LogP contribution is 2.27. The number of hydrogen-bond donors (Lipinski definition) is 5. The van der Waals surface area contributed by atoms with Crippen LogP contribution >= 0.6 is 0 Å². The van der Waals surface area contributed by atoms with Gasteiger partial charge in [-0.15, -0.1) is 0 Å². The Morgan fingerprint density at radius 2 is 2.06 bits per heavy atom. The van der Waals surface area contributed by atoms with E-state index in [0.29, 0.717) is 13.0 Å². The van der Waals surface area contributed by atoms with Crippen LogP contribution in [0.4, 0.5) is 0 Å². The van der Waals surface area contributed by atoms with E-state index >= 15 is 0 Å². The number of benzene rings is 1. The van der Waals surface area contributed by atoms with Crippen molar-refractivity contribution in [3.8, 4) is 11.5 Å². The fraction of sp³-hybridized carbons (Fsp3) is 0.364. The molecule has 0 saturated carbocycles. The third kappa shape index (κ3) is 3.33. The van der Waals surface area contributed by atoms with E-state index < -0.39 is 11.7 Å². The van der Waals surface area contributed by atoms with Crippen molar-refractivity contribution in [2.24, 2.45) is 11.5 Å². The molecule has 0 fully saturated rings. The van der Waals surface area contributed by atoms with E-state index in [2.05, 4.69) is 5.32 Å². The molecule has 0 heterocycles. The van der Waals surface area contributed by atoms with Crippen LogP contribution in [0.5, 0.6) is 11.5 Å². The summed E-state index contributed by atoms with van der Waals surface area (Å²) in [4.78, 5) is 11.8. The molecule has 1 rings (SSSR count). The van der Waals surface area contributed by atoms with E-state index in [9.17, 15) is 15.0 Å². The van der Waals surface area contributed by atoms with Gasteiger partial charge in [0, 0.05) is 12.6 Å². The second-order valence-electron chi connectivity index (χ2n) is 3.66. The van der Waals surface area contributed by atoms with E-state index in [1.165, 1.54) is 18.2 Å². The molecule has 94 valence electrons. The van der Waals surface area contributed by atoms with Crippen LogP contribution in [0.25, 0.3) is 0 Å². The summed E-state index contributed by atoms with van der Waals surface area (Å²) in [7, 11) is 0. The molecule has 0 aromatic heterocycles. The van der Waals surface area contributed by atoms with Gasteiger partial charge >= 0.3 is 0 Å². The zero-order valence-corrected chi connectivity index (χ0v) is 9.39. The number of carbonyl (C=O) groups excluding carboxylic acids is 1. The Morgan fingerprint density at radius 3 is 2.65 bits per heavy atom. The molecule has 7 N–H and O–H groups in total. The second-order valence-corrected chi connectivity index (χ2v) is 3.66. The molecular formula is C11H17N3O3. The van der Waals surface area contributed by atoms with Crippen molar-refractivity contribution in [2.75, 3.05) is 13.1 Å². The molecular weight excluding hydrogens is 222 g/mol. The molecule has 0 aliphatic carbocycles. The van der Waals surface area contributed by atoms with Gasteiger partial charge in [0.05, 0.1) is 5.56 Å². The summed E-state index contributed by atoms with van der Waals surface area (Å²) < 4.78 is 0. The molecule has 1 aromatic rings. The number of nitrogens with two attached hydrogens (primary N) is 2. The summed E-state index contributed by atoms with van der Waals surface area (Å²) in [6.07, 6.45) is 0.557. The maximum atomic E-state index is 11.8. The lowest BCUT2D eigenvalue weighted by atomic mass is 10.1. The first-order valence-electron chi connectivity index (χ1n) is 5.32. The van der Waals surface area contributed by atoms with Gasteiger partial charge in [-0.1, -0.05) is 6.07 Å². The molecule has 17 heavy (non-hydrogen) atoms. The molecule has 1 aromatic carbocycles. The first-order valence-corrected chi connectivity index (χ1v) is 5.32. The molecule has 0 bridgehead atoms. The standard InChI is InChI=1S/C11H17N3O3/c12-5-4-7(6-13)14-11(17)8-2-1-3-9(15)10(8)16/h1-3,7,15-16H,4-6,12-13H2,(H,14,17)/t7-/m0/s1. The molecule has 0 aliphatic rings. The van der Waals surface area contributed by atoms with Gasteiger partial charge in [-0.3, -0.25) is 4.79 Å². The van der Waals surface area contributed by atoms with Gasteiger partial charge < -0.3 is 27.0 Å². The van der Waals surface area contributed by atoms with Crippen molar-refractivity contribution < 1.29 is 15.0 Å². The first kappa shape index (κ1) is 13.3. The summed E-state index contributed by atoms with van der Waals surface area (Å²) >= 11 is 0. The van der Waals surface area contributed by atoms with E-state index in [0.717, 1.165) is 0 Å². The van der Waals surface area contributed by atoms with Gasteiger partial charge in [0.25, 0.3) is 5.91 Å². The van der Waals surface area contributed by atoms with Gasteiger partial charge in [0.1, 0.15) is 0 Å². The number of amides is 1. The molecule has 0 radical (unpaired) electrons. The maximum Gasteiger partial charge on any atom is 0.255 e. The average Bonchev–Trinajstić information content (AvgIpc) is 2.31. The highest BCUT2D eigenvalue weighted by molar-refractivity contribution is 5.97. The Hall–Kier alpha value is -1.79. The Morgan fingerprint density at radius 1 is 1.35 bits per heavy atom. The summed E-state index contributed by atoms with van der Waals surface area (Å²) in [5.41, 5.74) is 10.9. The Kier molecular flexibility index (Phi) is 4.74. The minimum absolute atomic E-state index is 0.0143. The number of hydrogen-bond acceptors (Lipinski definition) is 5. The molecule has 0 saturated heterocycles. The third-order valence-corrected chi connectivity index (χ3v) is 2.39. The highest BCUT2D eigenvalue weighted by Gasteiger charge is 2.16. The molecule has 0 unspecified atom stereocenters. The lowest BCUT2D eigenvalue weighted by Gasteiger charge is -2.16. The number of aromatic hydroxyl groups is 2. The lowest BCUT2D eigenvalue weighted by Crippen LogP contribution is -2.41. The number of nitrogens with one attached hydrogen (secondary N) is 1. The minimum atomic E-state index is -0.484. The quantitative estimate of drug-likeness (QED) is 0.444. The molecule has 6 nitrogen and oxygen atoms in total. The van der Waals surface area contributed by atoms with Gasteiger partial charge in [-0.05, 0) is 25.1 Å².